The van der Waals surface area contributed by atoms with Crippen LogP contribution in [0, 0.1) is 25.5 Å². The summed E-state index contributed by atoms with van der Waals surface area (Å²) >= 11 is 6.14. The summed E-state index contributed by atoms with van der Waals surface area (Å²) in [6, 6.07) is 12.8. The van der Waals surface area contributed by atoms with Gasteiger partial charge in [-0.1, -0.05) is 23.7 Å². The Hall–Kier alpha value is -2.63. The fourth-order valence-electron chi connectivity index (χ4n) is 3.50. The van der Waals surface area contributed by atoms with Crippen LogP contribution in [-0.2, 0) is 13.2 Å². The Bertz CT molecular complexity index is 1190. The van der Waals surface area contributed by atoms with Gasteiger partial charge in [0.2, 0.25) is 0 Å². The topological polar surface area (TPSA) is 27.1 Å². The Morgan fingerprint density at radius 3 is 2.43 bits per heavy atom. The van der Waals surface area contributed by atoms with E-state index in [1.54, 1.807) is 12.3 Å². The molecule has 2 heterocycles. The van der Waals surface area contributed by atoms with Crippen molar-refractivity contribution in [3.05, 3.63) is 93.8 Å². The number of aromatic nitrogens is 2. The standard InChI is InChI=1S/C23H19ClF2N2O.ClH/c1-14-15(2)28(12-16-4-3-5-18(24)8-16)23-21(6-7-27-22(14)23)29-13-17-9-19(25)11-20(26)10-17;/h3-11H,12-13H2,1-2H3;1H. The molecule has 0 fully saturated rings. The minimum atomic E-state index is -0.625. The van der Waals surface area contributed by atoms with E-state index in [4.69, 9.17) is 16.3 Å². The molecule has 0 N–H and O–H groups in total. The molecule has 0 amide bonds. The van der Waals surface area contributed by atoms with Crippen LogP contribution in [0.2, 0.25) is 5.02 Å². The second-order valence-electron chi connectivity index (χ2n) is 7.00. The normalized spacial score (nSPS) is 10.8. The zero-order chi connectivity index (χ0) is 20.5. The fraction of sp³-hybridized carbons (Fsp3) is 0.174. The first-order chi connectivity index (χ1) is 13.9. The molecule has 156 valence electrons. The van der Waals surface area contributed by atoms with E-state index in [0.29, 0.717) is 22.9 Å². The molecule has 2 aromatic carbocycles. The van der Waals surface area contributed by atoms with E-state index in [1.165, 1.54) is 12.1 Å². The molecule has 0 unspecified atom stereocenters. The maximum Gasteiger partial charge on any atom is 0.147 e. The molecule has 0 bridgehead atoms. The lowest BCUT2D eigenvalue weighted by Crippen LogP contribution is -2.04. The molecule has 7 heteroatoms. The van der Waals surface area contributed by atoms with Crippen LogP contribution in [0.4, 0.5) is 8.78 Å². The molecule has 0 aliphatic rings. The maximum absolute atomic E-state index is 13.5. The molecule has 0 spiro atoms. The Morgan fingerprint density at radius 2 is 1.73 bits per heavy atom. The van der Waals surface area contributed by atoms with Crippen molar-refractivity contribution in [1.82, 2.24) is 9.55 Å². The van der Waals surface area contributed by atoms with Crippen molar-refractivity contribution < 1.29 is 13.5 Å². The first-order valence-corrected chi connectivity index (χ1v) is 9.57. The summed E-state index contributed by atoms with van der Waals surface area (Å²) in [5.74, 6) is -0.642. The zero-order valence-electron chi connectivity index (χ0n) is 16.5. The third-order valence-electron chi connectivity index (χ3n) is 5.01. The Kier molecular flexibility index (Phi) is 6.64. The number of ether oxygens (including phenoxy) is 1. The van der Waals surface area contributed by atoms with Crippen LogP contribution >= 0.6 is 24.0 Å². The monoisotopic (exact) mass is 448 g/mol. The maximum atomic E-state index is 13.5. The lowest BCUT2D eigenvalue weighted by atomic mass is 10.2. The van der Waals surface area contributed by atoms with E-state index in [0.717, 1.165) is 33.9 Å². The van der Waals surface area contributed by atoms with Crippen molar-refractivity contribution >= 4 is 35.0 Å². The highest BCUT2D eigenvalue weighted by molar-refractivity contribution is 6.30. The highest BCUT2D eigenvalue weighted by Gasteiger charge is 2.17. The number of rotatable bonds is 5. The first-order valence-electron chi connectivity index (χ1n) is 9.19. The van der Waals surface area contributed by atoms with Gasteiger partial charge in [-0.2, -0.15) is 0 Å². The van der Waals surface area contributed by atoms with E-state index < -0.39 is 11.6 Å². The Morgan fingerprint density at radius 1 is 1.00 bits per heavy atom. The number of benzene rings is 2. The number of fused-ring (bicyclic) bond motifs is 1. The molecule has 4 aromatic rings. The van der Waals surface area contributed by atoms with Crippen LogP contribution in [0.15, 0.2) is 54.7 Å². The van der Waals surface area contributed by atoms with Crippen molar-refractivity contribution in [2.24, 2.45) is 0 Å². The van der Waals surface area contributed by atoms with Gasteiger partial charge in [0.1, 0.15) is 29.5 Å². The Balaban J connectivity index is 0.00000256. The summed E-state index contributed by atoms with van der Waals surface area (Å²) in [5, 5.41) is 0.677. The van der Waals surface area contributed by atoms with Gasteiger partial charge in [0.05, 0.1) is 5.52 Å². The first kappa shape index (κ1) is 22.1. The molecule has 4 rings (SSSR count). The quantitative estimate of drug-likeness (QED) is 0.342. The van der Waals surface area contributed by atoms with Crippen molar-refractivity contribution in [2.45, 2.75) is 27.0 Å². The molecule has 0 saturated heterocycles. The second kappa shape index (κ2) is 9.02. The molecule has 0 saturated carbocycles. The highest BCUT2D eigenvalue weighted by atomic mass is 35.5. The zero-order valence-corrected chi connectivity index (χ0v) is 18.0. The van der Waals surface area contributed by atoms with Gasteiger partial charge < -0.3 is 9.30 Å². The average Bonchev–Trinajstić information content (AvgIpc) is 2.91. The predicted molar refractivity (Wildman–Crippen MR) is 118 cm³/mol. The lowest BCUT2D eigenvalue weighted by molar-refractivity contribution is 0.307. The number of halogens is 4. The lowest BCUT2D eigenvalue weighted by Gasteiger charge is -2.13. The van der Waals surface area contributed by atoms with Crippen molar-refractivity contribution in [2.75, 3.05) is 0 Å². The molecule has 0 radical (unpaired) electrons. The number of pyridine rings is 1. The molecule has 0 atom stereocenters. The summed E-state index contributed by atoms with van der Waals surface area (Å²) in [6.07, 6.45) is 1.68. The summed E-state index contributed by atoms with van der Waals surface area (Å²) in [6.45, 7) is 4.71. The third kappa shape index (κ3) is 4.42. The number of hydrogen-bond donors (Lipinski definition) is 0. The van der Waals surface area contributed by atoms with Gasteiger partial charge in [-0.05, 0) is 54.8 Å². The van der Waals surface area contributed by atoms with Gasteiger partial charge in [-0.25, -0.2) is 8.78 Å². The highest BCUT2D eigenvalue weighted by Crippen LogP contribution is 2.32. The minimum absolute atomic E-state index is 0. The van der Waals surface area contributed by atoms with E-state index in [-0.39, 0.29) is 19.0 Å². The van der Waals surface area contributed by atoms with E-state index in [2.05, 4.69) is 9.55 Å². The average molecular weight is 449 g/mol. The van der Waals surface area contributed by atoms with Gasteiger partial charge in [0.25, 0.3) is 0 Å². The van der Waals surface area contributed by atoms with Gasteiger partial charge in [0, 0.05) is 35.6 Å². The molecular weight excluding hydrogens is 429 g/mol. The summed E-state index contributed by atoms with van der Waals surface area (Å²) < 4.78 is 35.1. The third-order valence-corrected chi connectivity index (χ3v) is 5.24. The smallest absolute Gasteiger partial charge is 0.147 e. The summed E-state index contributed by atoms with van der Waals surface area (Å²) in [5.41, 5.74) is 5.30. The minimum Gasteiger partial charge on any atom is -0.487 e. The fourth-order valence-corrected chi connectivity index (χ4v) is 3.71. The molecule has 30 heavy (non-hydrogen) atoms. The molecule has 0 aliphatic carbocycles. The van der Waals surface area contributed by atoms with Gasteiger partial charge in [-0.15, -0.1) is 12.4 Å². The predicted octanol–water partition coefficient (Wildman–Crippen LogP) is 6.63. The van der Waals surface area contributed by atoms with E-state index >= 15 is 0 Å². The number of nitrogens with zero attached hydrogens (tertiary/aromatic N) is 2. The van der Waals surface area contributed by atoms with Crippen molar-refractivity contribution in [1.29, 1.82) is 0 Å². The molecular formula is C23H20Cl2F2N2O. The van der Waals surface area contributed by atoms with E-state index in [1.807, 2.05) is 38.1 Å². The van der Waals surface area contributed by atoms with Crippen LogP contribution in [0.25, 0.3) is 11.0 Å². The van der Waals surface area contributed by atoms with Gasteiger partial charge >= 0.3 is 0 Å². The molecule has 3 nitrogen and oxygen atoms in total. The van der Waals surface area contributed by atoms with Crippen LogP contribution in [0.1, 0.15) is 22.4 Å². The van der Waals surface area contributed by atoms with E-state index in [9.17, 15) is 8.78 Å². The molecule has 2 aromatic heterocycles. The van der Waals surface area contributed by atoms with Crippen LogP contribution in [-0.4, -0.2) is 9.55 Å². The number of aryl methyl sites for hydroxylation is 1. The summed E-state index contributed by atoms with van der Waals surface area (Å²) in [7, 11) is 0. The van der Waals surface area contributed by atoms with Crippen molar-refractivity contribution in [3.63, 3.8) is 0 Å². The van der Waals surface area contributed by atoms with Gasteiger partial charge in [0.15, 0.2) is 0 Å². The largest absolute Gasteiger partial charge is 0.487 e. The van der Waals surface area contributed by atoms with Crippen LogP contribution in [0.3, 0.4) is 0 Å². The summed E-state index contributed by atoms with van der Waals surface area (Å²) in [4.78, 5) is 4.52. The SMILES string of the molecule is Cc1c(C)n(Cc2cccc(Cl)c2)c2c(OCc3cc(F)cc(F)c3)ccnc12.Cl. The molecule has 0 aliphatic heterocycles. The number of hydrogen-bond acceptors (Lipinski definition) is 2. The second-order valence-corrected chi connectivity index (χ2v) is 7.44. The van der Waals surface area contributed by atoms with Gasteiger partial charge in [-0.3, -0.25) is 4.98 Å². The Labute approximate surface area is 184 Å². The van der Waals surface area contributed by atoms with Crippen LogP contribution in [0.5, 0.6) is 5.75 Å². The van der Waals surface area contributed by atoms with Crippen LogP contribution < -0.4 is 4.74 Å². The van der Waals surface area contributed by atoms with Crippen molar-refractivity contribution in [3.8, 4) is 5.75 Å².